The molecule has 0 fully saturated rings. The van der Waals surface area contributed by atoms with Gasteiger partial charge in [-0.05, 0) is 32.1 Å². The van der Waals surface area contributed by atoms with Crippen LogP contribution in [0.1, 0.15) is 128 Å². The van der Waals surface area contributed by atoms with Crippen LogP contribution in [0.2, 0.25) is 0 Å². The van der Waals surface area contributed by atoms with Crippen LogP contribution in [0.4, 0.5) is 0 Å². The summed E-state index contributed by atoms with van der Waals surface area (Å²) in [6.45, 7) is 0.331. The van der Waals surface area contributed by atoms with Crippen molar-refractivity contribution < 1.29 is 34.2 Å². The molecule has 0 spiro atoms. The first-order valence-electron chi connectivity index (χ1n) is 15.2. The van der Waals surface area contributed by atoms with E-state index in [4.69, 9.17) is 16.6 Å². The van der Waals surface area contributed by atoms with Gasteiger partial charge in [0.05, 0.1) is 6.04 Å². The van der Waals surface area contributed by atoms with Crippen molar-refractivity contribution >= 4 is 36.0 Å². The number of nitrogens with zero attached hydrogens (tertiary/aromatic N) is 1. The number of carbonyl (C=O) groups excluding carboxylic acids is 3. The number of hydrogen-bond donors (Lipinski definition) is 6. The Morgan fingerprint density at radius 3 is 1.54 bits per heavy atom. The molecule has 2 atom stereocenters. The lowest BCUT2D eigenvalue weighted by molar-refractivity contribution is -0.142. The summed E-state index contributed by atoms with van der Waals surface area (Å²) in [6.07, 6.45) is 16.9. The van der Waals surface area contributed by atoms with Crippen LogP contribution < -0.4 is 22.1 Å². The Morgan fingerprint density at radius 1 is 0.634 bits per heavy atom. The number of unbranched alkanes of at least 4 members (excludes halogenated alkanes) is 13. The fourth-order valence-electron chi connectivity index (χ4n) is 4.45. The summed E-state index contributed by atoms with van der Waals surface area (Å²) >= 11 is 0. The van der Waals surface area contributed by atoms with Crippen molar-refractivity contribution in [2.75, 3.05) is 6.54 Å². The third-order valence-corrected chi connectivity index (χ3v) is 6.82. The van der Waals surface area contributed by atoms with Gasteiger partial charge in [0.15, 0.2) is 5.96 Å². The van der Waals surface area contributed by atoms with Gasteiger partial charge in [0.1, 0.15) is 12.3 Å². The second kappa shape index (κ2) is 25.8. The maximum atomic E-state index is 12.2. The SMILES string of the molecule is NC(N)=NCCC[C@@H](C=O)NC(=O)CC[C@H](NC(=O)CCCCCCCCCCCCCCCCC(=O)O)C(=O)O. The minimum absolute atomic E-state index is 0.0485. The van der Waals surface area contributed by atoms with Gasteiger partial charge in [-0.2, -0.15) is 0 Å². The third-order valence-electron chi connectivity index (χ3n) is 6.82. The third kappa shape index (κ3) is 25.5. The van der Waals surface area contributed by atoms with E-state index < -0.39 is 29.9 Å². The zero-order chi connectivity index (χ0) is 30.7. The highest BCUT2D eigenvalue weighted by Crippen LogP contribution is 2.14. The Labute approximate surface area is 244 Å². The molecule has 0 aliphatic carbocycles. The first-order chi connectivity index (χ1) is 19.6. The van der Waals surface area contributed by atoms with Crippen LogP contribution in [0.25, 0.3) is 0 Å². The minimum Gasteiger partial charge on any atom is -0.481 e. The highest BCUT2D eigenvalue weighted by molar-refractivity contribution is 5.85. The molecule has 0 aromatic carbocycles. The maximum Gasteiger partial charge on any atom is 0.326 e. The molecule has 0 aromatic rings. The van der Waals surface area contributed by atoms with E-state index in [9.17, 15) is 29.1 Å². The summed E-state index contributed by atoms with van der Waals surface area (Å²) in [5, 5.41) is 23.1. The Morgan fingerprint density at radius 2 is 1.10 bits per heavy atom. The van der Waals surface area contributed by atoms with Crippen molar-refractivity contribution in [3.05, 3.63) is 0 Å². The predicted octanol–water partition coefficient (Wildman–Crippen LogP) is 3.40. The average Bonchev–Trinajstić information content (AvgIpc) is 2.91. The van der Waals surface area contributed by atoms with Crippen LogP contribution in [0.15, 0.2) is 4.99 Å². The molecular weight excluding hydrogens is 530 g/mol. The Bertz CT molecular complexity index is 788. The molecule has 0 heterocycles. The number of hydrogen-bond acceptors (Lipinski definition) is 6. The fraction of sp³-hybridized carbons (Fsp3) is 0.793. The van der Waals surface area contributed by atoms with E-state index in [1.165, 1.54) is 44.9 Å². The van der Waals surface area contributed by atoms with Crippen molar-refractivity contribution in [1.82, 2.24) is 10.6 Å². The van der Waals surface area contributed by atoms with Crippen molar-refractivity contribution in [3.8, 4) is 0 Å². The monoisotopic (exact) mass is 583 g/mol. The van der Waals surface area contributed by atoms with Crippen LogP contribution in [-0.4, -0.2) is 64.8 Å². The predicted molar refractivity (Wildman–Crippen MR) is 158 cm³/mol. The van der Waals surface area contributed by atoms with Crippen LogP contribution in [-0.2, 0) is 24.0 Å². The van der Waals surface area contributed by atoms with Gasteiger partial charge in [0.25, 0.3) is 0 Å². The number of aliphatic imine (C=N–C) groups is 1. The van der Waals surface area contributed by atoms with E-state index >= 15 is 0 Å². The van der Waals surface area contributed by atoms with E-state index in [0.29, 0.717) is 32.1 Å². The summed E-state index contributed by atoms with van der Waals surface area (Å²) in [4.78, 5) is 61.4. The number of nitrogens with two attached hydrogens (primary N) is 2. The van der Waals surface area contributed by atoms with Crippen molar-refractivity contribution in [3.63, 3.8) is 0 Å². The largest absolute Gasteiger partial charge is 0.481 e. The number of carboxylic acid groups (broad SMARTS) is 2. The van der Waals surface area contributed by atoms with Gasteiger partial charge in [-0.25, -0.2) is 4.79 Å². The molecule has 12 nitrogen and oxygen atoms in total. The molecule has 0 aromatic heterocycles. The highest BCUT2D eigenvalue weighted by Gasteiger charge is 2.21. The quantitative estimate of drug-likeness (QED) is 0.0344. The van der Waals surface area contributed by atoms with Crippen LogP contribution in [0, 0.1) is 0 Å². The van der Waals surface area contributed by atoms with E-state index in [1.54, 1.807) is 0 Å². The maximum absolute atomic E-state index is 12.2. The van der Waals surface area contributed by atoms with Gasteiger partial charge < -0.3 is 37.1 Å². The summed E-state index contributed by atoms with van der Waals surface area (Å²) < 4.78 is 0. The molecule has 0 aliphatic heterocycles. The van der Waals surface area contributed by atoms with Crippen LogP contribution in [0.3, 0.4) is 0 Å². The van der Waals surface area contributed by atoms with E-state index in [1.807, 2.05) is 0 Å². The summed E-state index contributed by atoms with van der Waals surface area (Å²) in [6, 6.07) is -1.88. The molecule has 12 heteroatoms. The second-order valence-corrected chi connectivity index (χ2v) is 10.6. The minimum atomic E-state index is -1.20. The zero-order valence-electron chi connectivity index (χ0n) is 24.6. The van der Waals surface area contributed by atoms with Gasteiger partial charge in [-0.1, -0.05) is 77.0 Å². The lowest BCUT2D eigenvalue weighted by atomic mass is 10.0. The number of amides is 2. The molecule has 8 N–H and O–H groups in total. The lowest BCUT2D eigenvalue weighted by Crippen LogP contribution is -2.42. The number of aldehydes is 1. The summed E-state index contributed by atoms with van der Waals surface area (Å²) in [5.41, 5.74) is 10.5. The van der Waals surface area contributed by atoms with Gasteiger partial charge in [-0.15, -0.1) is 0 Å². The van der Waals surface area contributed by atoms with Gasteiger partial charge >= 0.3 is 11.9 Å². The van der Waals surface area contributed by atoms with Gasteiger partial charge in [-0.3, -0.25) is 19.4 Å². The molecular formula is C29H53N5O7. The normalized spacial score (nSPS) is 12.2. The molecule has 0 unspecified atom stereocenters. The average molecular weight is 584 g/mol. The fourth-order valence-corrected chi connectivity index (χ4v) is 4.45. The summed E-state index contributed by atoms with van der Waals surface area (Å²) in [7, 11) is 0. The van der Waals surface area contributed by atoms with E-state index in [-0.39, 0.29) is 37.6 Å². The topological polar surface area (TPSA) is 214 Å². The molecule has 0 radical (unpaired) electrons. The Balaban J connectivity index is 3.85. The van der Waals surface area contributed by atoms with Crippen LogP contribution >= 0.6 is 0 Å². The molecule has 0 saturated heterocycles. The lowest BCUT2D eigenvalue weighted by Gasteiger charge is -2.16. The molecule has 41 heavy (non-hydrogen) atoms. The number of rotatable bonds is 28. The number of guanidine groups is 1. The zero-order valence-corrected chi connectivity index (χ0v) is 24.6. The number of carboxylic acids is 2. The molecule has 0 aliphatic rings. The molecule has 236 valence electrons. The Hall–Kier alpha value is -3.18. The van der Waals surface area contributed by atoms with Crippen molar-refractivity contribution in [2.45, 2.75) is 141 Å². The molecule has 0 saturated carbocycles. The molecule has 0 rings (SSSR count). The van der Waals surface area contributed by atoms with Crippen LogP contribution in [0.5, 0.6) is 0 Å². The number of nitrogens with one attached hydrogen (secondary N) is 2. The van der Waals surface area contributed by atoms with Crippen molar-refractivity contribution in [2.24, 2.45) is 16.5 Å². The molecule has 0 bridgehead atoms. The van der Waals surface area contributed by atoms with E-state index in [2.05, 4.69) is 15.6 Å². The van der Waals surface area contributed by atoms with Gasteiger partial charge in [0.2, 0.25) is 11.8 Å². The second-order valence-electron chi connectivity index (χ2n) is 10.6. The first-order valence-corrected chi connectivity index (χ1v) is 15.2. The number of aliphatic carboxylic acids is 2. The van der Waals surface area contributed by atoms with Gasteiger partial charge in [0, 0.05) is 25.8 Å². The first kappa shape index (κ1) is 37.8. The van der Waals surface area contributed by atoms with E-state index in [0.717, 1.165) is 38.5 Å². The highest BCUT2D eigenvalue weighted by atomic mass is 16.4. The smallest absolute Gasteiger partial charge is 0.326 e. The Kier molecular flexibility index (Phi) is 23.8. The van der Waals surface area contributed by atoms with Crippen molar-refractivity contribution in [1.29, 1.82) is 0 Å². The standard InChI is InChI=1S/C29H53N5O7/c30-29(31)32-21-15-16-23(22-35)33-26(37)20-19-24(28(40)41)34-25(36)17-13-11-9-7-5-3-1-2-4-6-8-10-12-14-18-27(38)39/h22-24H,1-21H2,(H,33,37)(H,34,36)(H,38,39)(H,40,41)(H4,30,31,32)/t23-,24-/m0/s1. The summed E-state index contributed by atoms with van der Waals surface area (Å²) in [5.74, 6) is -2.77. The molecule has 2 amide bonds. The number of carbonyl (C=O) groups is 5.